The molecule has 4 heteroatoms. The Hall–Kier alpha value is -1.29. The zero-order valence-corrected chi connectivity index (χ0v) is 9.01. The highest BCUT2D eigenvalue weighted by atomic mass is 19.4. The SMILES string of the molecule is CC(=CCCN)c1ccccc1C(F)(F)F. The first-order chi connectivity index (χ1) is 7.46. The second-order valence-corrected chi connectivity index (χ2v) is 3.51. The van der Waals surface area contributed by atoms with Crippen molar-refractivity contribution < 1.29 is 13.2 Å². The van der Waals surface area contributed by atoms with E-state index in [2.05, 4.69) is 0 Å². The first-order valence-electron chi connectivity index (χ1n) is 5.00. The third-order valence-electron chi connectivity index (χ3n) is 2.27. The minimum atomic E-state index is -4.31. The van der Waals surface area contributed by atoms with Crippen molar-refractivity contribution in [3.05, 3.63) is 41.5 Å². The summed E-state index contributed by atoms with van der Waals surface area (Å²) >= 11 is 0. The molecule has 0 amide bonds. The highest BCUT2D eigenvalue weighted by Crippen LogP contribution is 2.34. The Bertz CT molecular complexity index is 380. The fourth-order valence-electron chi connectivity index (χ4n) is 1.48. The largest absolute Gasteiger partial charge is 0.416 e. The summed E-state index contributed by atoms with van der Waals surface area (Å²) in [5.41, 5.74) is 5.55. The van der Waals surface area contributed by atoms with Gasteiger partial charge in [0.1, 0.15) is 0 Å². The van der Waals surface area contributed by atoms with Crippen LogP contribution < -0.4 is 5.73 Å². The van der Waals surface area contributed by atoms with Gasteiger partial charge in [-0.3, -0.25) is 0 Å². The summed E-state index contributed by atoms with van der Waals surface area (Å²) in [5.74, 6) is 0. The van der Waals surface area contributed by atoms with E-state index in [9.17, 15) is 13.2 Å². The van der Waals surface area contributed by atoms with Crippen molar-refractivity contribution in [1.82, 2.24) is 0 Å². The van der Waals surface area contributed by atoms with Crippen LogP contribution in [0, 0.1) is 0 Å². The zero-order valence-electron chi connectivity index (χ0n) is 9.01. The third-order valence-corrected chi connectivity index (χ3v) is 2.27. The van der Waals surface area contributed by atoms with Crippen LogP contribution in [0.4, 0.5) is 13.2 Å². The summed E-state index contributed by atoms with van der Waals surface area (Å²) in [5, 5.41) is 0. The van der Waals surface area contributed by atoms with Gasteiger partial charge in [-0.15, -0.1) is 0 Å². The average Bonchev–Trinajstić information content (AvgIpc) is 2.24. The number of benzene rings is 1. The molecule has 0 saturated heterocycles. The Labute approximate surface area is 92.8 Å². The average molecular weight is 229 g/mol. The molecule has 0 heterocycles. The Morgan fingerprint density at radius 1 is 1.31 bits per heavy atom. The number of nitrogens with two attached hydrogens (primary N) is 1. The van der Waals surface area contributed by atoms with Crippen molar-refractivity contribution in [2.75, 3.05) is 6.54 Å². The summed E-state index contributed by atoms with van der Waals surface area (Å²) in [6, 6.07) is 5.56. The van der Waals surface area contributed by atoms with Gasteiger partial charge in [0, 0.05) is 0 Å². The molecule has 0 atom stereocenters. The maximum atomic E-state index is 12.7. The fourth-order valence-corrected chi connectivity index (χ4v) is 1.48. The van der Waals surface area contributed by atoms with Crippen LogP contribution >= 0.6 is 0 Å². The maximum Gasteiger partial charge on any atom is 0.416 e. The second kappa shape index (κ2) is 5.16. The molecular weight excluding hydrogens is 215 g/mol. The van der Waals surface area contributed by atoms with Gasteiger partial charge in [0.05, 0.1) is 5.56 Å². The highest BCUT2D eigenvalue weighted by Gasteiger charge is 2.33. The molecule has 0 fully saturated rings. The van der Waals surface area contributed by atoms with Crippen molar-refractivity contribution in [1.29, 1.82) is 0 Å². The number of rotatable bonds is 3. The van der Waals surface area contributed by atoms with Crippen LogP contribution in [0.25, 0.3) is 5.57 Å². The lowest BCUT2D eigenvalue weighted by Gasteiger charge is -2.12. The lowest BCUT2D eigenvalue weighted by molar-refractivity contribution is -0.137. The van der Waals surface area contributed by atoms with Gasteiger partial charge in [0.25, 0.3) is 0 Å². The molecule has 0 bridgehead atoms. The summed E-state index contributed by atoms with van der Waals surface area (Å²) < 4.78 is 38.0. The molecule has 1 aromatic rings. The predicted molar refractivity (Wildman–Crippen MR) is 58.8 cm³/mol. The molecule has 88 valence electrons. The maximum absolute atomic E-state index is 12.7. The van der Waals surface area contributed by atoms with Crippen molar-refractivity contribution in [2.24, 2.45) is 5.73 Å². The van der Waals surface area contributed by atoms with E-state index in [-0.39, 0.29) is 5.56 Å². The van der Waals surface area contributed by atoms with Gasteiger partial charge in [0.15, 0.2) is 0 Å². The van der Waals surface area contributed by atoms with Crippen molar-refractivity contribution >= 4 is 5.57 Å². The van der Waals surface area contributed by atoms with Gasteiger partial charge in [-0.25, -0.2) is 0 Å². The second-order valence-electron chi connectivity index (χ2n) is 3.51. The van der Waals surface area contributed by atoms with Crippen molar-refractivity contribution in [3.8, 4) is 0 Å². The van der Waals surface area contributed by atoms with Gasteiger partial charge in [0.2, 0.25) is 0 Å². The molecule has 0 saturated carbocycles. The van der Waals surface area contributed by atoms with Gasteiger partial charge in [-0.05, 0) is 37.1 Å². The Morgan fingerprint density at radius 3 is 2.50 bits per heavy atom. The highest BCUT2D eigenvalue weighted by molar-refractivity contribution is 5.67. The minimum absolute atomic E-state index is 0.225. The van der Waals surface area contributed by atoms with E-state index in [0.29, 0.717) is 18.5 Å². The lowest BCUT2D eigenvalue weighted by atomic mass is 10.00. The summed E-state index contributed by atoms with van der Waals surface area (Å²) in [6.07, 6.45) is -2.00. The number of allylic oxidation sites excluding steroid dienone is 1. The van der Waals surface area contributed by atoms with E-state index in [0.717, 1.165) is 6.07 Å². The minimum Gasteiger partial charge on any atom is -0.330 e. The van der Waals surface area contributed by atoms with E-state index >= 15 is 0 Å². The van der Waals surface area contributed by atoms with Crippen LogP contribution in [0.15, 0.2) is 30.3 Å². The normalized spacial score (nSPS) is 12.9. The zero-order chi connectivity index (χ0) is 12.2. The molecule has 0 aliphatic heterocycles. The molecule has 16 heavy (non-hydrogen) atoms. The molecule has 0 spiro atoms. The molecule has 0 unspecified atom stereocenters. The van der Waals surface area contributed by atoms with Gasteiger partial charge < -0.3 is 5.73 Å². The Kier molecular flexibility index (Phi) is 4.12. The number of halogens is 3. The number of hydrogen-bond acceptors (Lipinski definition) is 1. The van der Waals surface area contributed by atoms with Crippen LogP contribution in [-0.2, 0) is 6.18 Å². The van der Waals surface area contributed by atoms with Crippen LogP contribution in [-0.4, -0.2) is 6.54 Å². The molecule has 1 rings (SSSR count). The molecule has 0 radical (unpaired) electrons. The van der Waals surface area contributed by atoms with E-state index < -0.39 is 11.7 Å². The molecule has 1 nitrogen and oxygen atoms in total. The predicted octanol–water partition coefficient (Wildman–Crippen LogP) is 3.46. The topological polar surface area (TPSA) is 26.0 Å². The molecule has 0 aromatic heterocycles. The quantitative estimate of drug-likeness (QED) is 0.843. The molecule has 0 aliphatic rings. The summed E-state index contributed by atoms with van der Waals surface area (Å²) in [7, 11) is 0. The van der Waals surface area contributed by atoms with Gasteiger partial charge >= 0.3 is 6.18 Å². The summed E-state index contributed by atoms with van der Waals surface area (Å²) in [6.45, 7) is 2.10. The van der Waals surface area contributed by atoms with Crippen LogP contribution in [0.5, 0.6) is 0 Å². The van der Waals surface area contributed by atoms with Crippen LogP contribution in [0.3, 0.4) is 0 Å². The Balaban J connectivity index is 3.14. The monoisotopic (exact) mass is 229 g/mol. The number of alkyl halides is 3. The van der Waals surface area contributed by atoms with Crippen LogP contribution in [0.1, 0.15) is 24.5 Å². The third kappa shape index (κ3) is 3.10. The van der Waals surface area contributed by atoms with Crippen molar-refractivity contribution in [3.63, 3.8) is 0 Å². The Morgan fingerprint density at radius 2 is 1.94 bits per heavy atom. The first-order valence-corrected chi connectivity index (χ1v) is 5.00. The molecule has 1 aromatic carbocycles. The van der Waals surface area contributed by atoms with Gasteiger partial charge in [-0.2, -0.15) is 13.2 Å². The smallest absolute Gasteiger partial charge is 0.330 e. The first kappa shape index (κ1) is 12.8. The van der Waals surface area contributed by atoms with E-state index in [1.807, 2.05) is 0 Å². The van der Waals surface area contributed by atoms with Crippen molar-refractivity contribution in [2.45, 2.75) is 19.5 Å². The van der Waals surface area contributed by atoms with E-state index in [1.54, 1.807) is 19.1 Å². The molecular formula is C12H14F3N. The van der Waals surface area contributed by atoms with Gasteiger partial charge in [-0.1, -0.05) is 24.3 Å². The fraction of sp³-hybridized carbons (Fsp3) is 0.333. The molecule has 0 aliphatic carbocycles. The van der Waals surface area contributed by atoms with E-state index in [4.69, 9.17) is 5.73 Å². The standard InChI is InChI=1S/C12H14F3N/c1-9(5-4-8-16)10-6-2-3-7-11(10)12(13,14)15/h2-3,5-7H,4,8,16H2,1H3. The molecule has 2 N–H and O–H groups in total. The van der Waals surface area contributed by atoms with Crippen LogP contribution in [0.2, 0.25) is 0 Å². The number of hydrogen-bond donors (Lipinski definition) is 1. The lowest BCUT2D eigenvalue weighted by Crippen LogP contribution is -2.08. The van der Waals surface area contributed by atoms with E-state index in [1.165, 1.54) is 12.1 Å². The summed E-state index contributed by atoms with van der Waals surface area (Å²) in [4.78, 5) is 0.